The van der Waals surface area contributed by atoms with Crippen LogP contribution >= 0.6 is 0 Å². The second-order valence-electron chi connectivity index (χ2n) is 8.93. The number of hydrogen-bond acceptors (Lipinski definition) is 7. The average molecular weight is 424 g/mol. The van der Waals surface area contributed by atoms with Gasteiger partial charge in [0.15, 0.2) is 5.82 Å². The molecule has 164 valence electrons. The van der Waals surface area contributed by atoms with Crippen LogP contribution in [0.3, 0.4) is 0 Å². The van der Waals surface area contributed by atoms with E-state index in [9.17, 15) is 4.79 Å². The fourth-order valence-corrected chi connectivity index (χ4v) is 5.05. The van der Waals surface area contributed by atoms with Gasteiger partial charge in [0.1, 0.15) is 0 Å². The summed E-state index contributed by atoms with van der Waals surface area (Å²) in [6.07, 6.45) is 5.75. The molecular weight excluding hydrogens is 394 g/mol. The van der Waals surface area contributed by atoms with Crippen LogP contribution in [0.2, 0.25) is 0 Å². The maximum absolute atomic E-state index is 13.3. The second-order valence-corrected chi connectivity index (χ2v) is 8.93. The number of pyridine rings is 1. The van der Waals surface area contributed by atoms with E-state index in [0.717, 1.165) is 44.6 Å². The Hall–Kier alpha value is -2.78. The van der Waals surface area contributed by atoms with Gasteiger partial charge in [-0.15, -0.1) is 0 Å². The van der Waals surface area contributed by atoms with E-state index in [1.807, 2.05) is 37.0 Å². The van der Waals surface area contributed by atoms with Crippen LogP contribution in [0.25, 0.3) is 0 Å². The molecule has 1 N–H and O–H groups in total. The highest BCUT2D eigenvalue weighted by Crippen LogP contribution is 2.35. The number of nitrogens with one attached hydrogen (secondary N) is 1. The third kappa shape index (κ3) is 4.20. The number of likely N-dealkylation sites (tertiary alicyclic amines) is 1. The number of hydrogen-bond donors (Lipinski definition) is 1. The molecule has 9 heteroatoms. The molecule has 2 atom stereocenters. The van der Waals surface area contributed by atoms with Crippen LogP contribution in [-0.2, 0) is 32.6 Å². The molecule has 0 aliphatic carbocycles. The number of nitrogens with zero attached hydrogens (tertiary/aromatic N) is 6. The molecule has 0 saturated carbocycles. The van der Waals surface area contributed by atoms with Crippen molar-refractivity contribution in [2.45, 2.75) is 51.9 Å². The van der Waals surface area contributed by atoms with Crippen molar-refractivity contribution in [1.82, 2.24) is 34.7 Å². The molecule has 0 spiro atoms. The van der Waals surface area contributed by atoms with E-state index in [1.54, 1.807) is 0 Å². The molecule has 31 heavy (non-hydrogen) atoms. The molecular formula is C22H29N7O2. The van der Waals surface area contributed by atoms with Gasteiger partial charge in [0, 0.05) is 68.1 Å². The number of fused-ring (bicyclic) bond motifs is 4. The Balaban J connectivity index is 1.29. The van der Waals surface area contributed by atoms with E-state index in [2.05, 4.69) is 36.2 Å². The molecule has 9 nitrogen and oxygen atoms in total. The molecule has 0 amide bonds. The highest BCUT2D eigenvalue weighted by molar-refractivity contribution is 5.22. The first-order chi connectivity index (χ1) is 15.1. The summed E-state index contributed by atoms with van der Waals surface area (Å²) in [4.78, 5) is 22.2. The molecule has 5 heterocycles. The highest BCUT2D eigenvalue weighted by atomic mass is 16.5. The van der Waals surface area contributed by atoms with Crippen LogP contribution in [0.5, 0.6) is 0 Å². The maximum atomic E-state index is 13.3. The summed E-state index contributed by atoms with van der Waals surface area (Å²) in [6, 6.07) is 4.17. The maximum Gasteiger partial charge on any atom is 0.255 e. The highest BCUT2D eigenvalue weighted by Gasteiger charge is 2.35. The summed E-state index contributed by atoms with van der Waals surface area (Å²) in [5, 5.41) is 11.0. The molecule has 0 aromatic carbocycles. The lowest BCUT2D eigenvalue weighted by Crippen LogP contribution is -2.47. The van der Waals surface area contributed by atoms with Crippen molar-refractivity contribution in [1.29, 1.82) is 0 Å². The number of aryl methyl sites for hydroxylation is 1. The number of piperidine rings is 1. The lowest BCUT2D eigenvalue weighted by Gasteiger charge is -2.43. The van der Waals surface area contributed by atoms with Crippen LogP contribution in [0.15, 0.2) is 33.8 Å². The average Bonchev–Trinajstić information content (AvgIpc) is 3.42. The number of aromatic nitrogens is 5. The molecule has 0 radical (unpaired) electrons. The smallest absolute Gasteiger partial charge is 0.255 e. The van der Waals surface area contributed by atoms with Crippen LogP contribution in [-0.4, -0.2) is 54.8 Å². The van der Waals surface area contributed by atoms with E-state index in [0.29, 0.717) is 36.6 Å². The number of rotatable bonds is 7. The lowest BCUT2D eigenvalue weighted by molar-refractivity contribution is 0.114. The summed E-state index contributed by atoms with van der Waals surface area (Å²) >= 11 is 0. The molecule has 2 bridgehead atoms. The van der Waals surface area contributed by atoms with Gasteiger partial charge in [-0.2, -0.15) is 10.1 Å². The SMILES string of the molecule is CCc1nc(CN(C)Cc2ccc3n(c2=O)C[C@H]2C[C@@H]3CN(Cc3cn[nH]c3)C2)no1. The summed E-state index contributed by atoms with van der Waals surface area (Å²) in [5.74, 6) is 2.22. The van der Waals surface area contributed by atoms with Gasteiger partial charge in [-0.3, -0.25) is 19.7 Å². The first-order valence-electron chi connectivity index (χ1n) is 11.0. The molecule has 0 unspecified atom stereocenters. The van der Waals surface area contributed by atoms with Crippen molar-refractivity contribution in [3.05, 3.63) is 63.4 Å². The largest absolute Gasteiger partial charge is 0.339 e. The third-order valence-electron chi connectivity index (χ3n) is 6.38. The minimum absolute atomic E-state index is 0.143. The Morgan fingerprint density at radius 3 is 2.94 bits per heavy atom. The Morgan fingerprint density at radius 2 is 2.16 bits per heavy atom. The number of H-pyrrole nitrogens is 1. The fraction of sp³-hybridized carbons (Fsp3) is 0.545. The fourth-order valence-electron chi connectivity index (χ4n) is 5.05. The minimum Gasteiger partial charge on any atom is -0.339 e. The lowest BCUT2D eigenvalue weighted by atomic mass is 9.83. The van der Waals surface area contributed by atoms with Crippen molar-refractivity contribution < 1.29 is 4.52 Å². The summed E-state index contributed by atoms with van der Waals surface area (Å²) in [6.45, 7) is 6.82. The van der Waals surface area contributed by atoms with Gasteiger partial charge in [0.05, 0.1) is 12.7 Å². The zero-order valence-corrected chi connectivity index (χ0v) is 18.1. The second kappa shape index (κ2) is 8.39. The van der Waals surface area contributed by atoms with E-state index >= 15 is 0 Å². The van der Waals surface area contributed by atoms with Crippen molar-refractivity contribution in [3.63, 3.8) is 0 Å². The summed E-state index contributed by atoms with van der Waals surface area (Å²) < 4.78 is 7.21. The van der Waals surface area contributed by atoms with Crippen LogP contribution in [0, 0.1) is 5.92 Å². The van der Waals surface area contributed by atoms with Gasteiger partial charge in [-0.25, -0.2) is 0 Å². The quantitative estimate of drug-likeness (QED) is 0.619. The van der Waals surface area contributed by atoms with Crippen LogP contribution < -0.4 is 5.56 Å². The van der Waals surface area contributed by atoms with Crippen LogP contribution in [0.1, 0.15) is 47.8 Å². The summed E-state index contributed by atoms with van der Waals surface area (Å²) in [7, 11) is 1.98. The van der Waals surface area contributed by atoms with Crippen molar-refractivity contribution in [3.8, 4) is 0 Å². The Morgan fingerprint density at radius 1 is 1.26 bits per heavy atom. The van der Waals surface area contributed by atoms with Crippen molar-refractivity contribution >= 4 is 0 Å². The predicted octanol–water partition coefficient (Wildman–Crippen LogP) is 1.77. The van der Waals surface area contributed by atoms with Crippen molar-refractivity contribution in [2.24, 2.45) is 5.92 Å². The molecule has 1 fully saturated rings. The molecule has 3 aromatic rings. The predicted molar refractivity (Wildman–Crippen MR) is 114 cm³/mol. The summed E-state index contributed by atoms with van der Waals surface area (Å²) in [5.41, 5.74) is 3.35. The Kier molecular flexibility index (Phi) is 5.45. The van der Waals surface area contributed by atoms with Gasteiger partial charge in [0.25, 0.3) is 5.56 Å². The van der Waals surface area contributed by atoms with Gasteiger partial charge < -0.3 is 9.09 Å². The molecule has 3 aromatic heterocycles. The monoisotopic (exact) mass is 423 g/mol. The molecule has 2 aliphatic rings. The van der Waals surface area contributed by atoms with Gasteiger partial charge in [-0.05, 0) is 25.5 Å². The van der Waals surface area contributed by atoms with E-state index < -0.39 is 0 Å². The molecule has 2 aliphatic heterocycles. The molecule has 5 rings (SSSR count). The third-order valence-corrected chi connectivity index (χ3v) is 6.38. The van der Waals surface area contributed by atoms with Crippen LogP contribution in [0.4, 0.5) is 0 Å². The zero-order valence-electron chi connectivity index (χ0n) is 18.1. The first kappa shape index (κ1) is 20.1. The standard InChI is InChI=1S/C22H29N7O2/c1-3-21-25-20(26-31-21)14-27(2)12-17-4-5-19-18-6-15(11-29(19)22(17)30)9-28(13-18)10-16-7-23-24-8-16/h4-5,7-8,15,18H,3,6,9-14H2,1-2H3,(H,23,24)/t15-,18+/m0/s1. The van der Waals surface area contributed by atoms with Gasteiger partial charge in [-0.1, -0.05) is 18.1 Å². The van der Waals surface area contributed by atoms with E-state index in [-0.39, 0.29) is 5.56 Å². The minimum atomic E-state index is 0.143. The van der Waals surface area contributed by atoms with Gasteiger partial charge in [0.2, 0.25) is 5.89 Å². The molecule has 1 saturated heterocycles. The van der Waals surface area contributed by atoms with E-state index in [1.165, 1.54) is 11.3 Å². The Bertz CT molecular complexity index is 1090. The van der Waals surface area contributed by atoms with E-state index in [4.69, 9.17) is 4.52 Å². The number of aromatic amines is 1. The topological polar surface area (TPSA) is 96.1 Å². The normalized spacial score (nSPS) is 20.9. The van der Waals surface area contributed by atoms with Crippen molar-refractivity contribution in [2.75, 3.05) is 20.1 Å². The Labute approximate surface area is 181 Å². The first-order valence-corrected chi connectivity index (χ1v) is 11.0. The zero-order chi connectivity index (χ0) is 21.4. The van der Waals surface area contributed by atoms with Gasteiger partial charge >= 0.3 is 0 Å².